The predicted octanol–water partition coefficient (Wildman–Crippen LogP) is 21.4. The molecule has 0 aliphatic rings. The standard InChI is InChI=1S/C65H127NO3/c1-3-5-7-9-11-13-15-17-19-21-23-25-27-29-31-32-33-35-36-38-40-42-44-46-48-50-52-54-56-58-60-64(68)63(62-67)66-65(69)61-59-57-55-53-51-49-47-45-43-41-39-37-34-30-28-26-24-22-20-18-16-14-12-10-8-6-4-2/h22,24,58,60,63-64,67-68H,3-21,23,25-57,59,61-62H2,1-2H3,(H,66,69)/b24-22-,60-58+. The van der Waals surface area contributed by atoms with Crippen molar-refractivity contribution < 1.29 is 15.0 Å². The number of unbranched alkanes of at least 4 members (excludes halogenated alkanes) is 51. The molecule has 1 amide bonds. The number of nitrogens with one attached hydrogen (secondary N) is 1. The topological polar surface area (TPSA) is 69.6 Å². The van der Waals surface area contributed by atoms with Crippen LogP contribution in [-0.2, 0) is 4.79 Å². The zero-order chi connectivity index (χ0) is 49.9. The number of hydrogen-bond acceptors (Lipinski definition) is 3. The van der Waals surface area contributed by atoms with Crippen molar-refractivity contribution >= 4 is 5.91 Å². The van der Waals surface area contributed by atoms with Gasteiger partial charge >= 0.3 is 0 Å². The minimum atomic E-state index is -0.839. The van der Waals surface area contributed by atoms with E-state index in [9.17, 15) is 15.0 Å². The van der Waals surface area contributed by atoms with Gasteiger partial charge in [-0.25, -0.2) is 0 Å². The van der Waals surface area contributed by atoms with Gasteiger partial charge in [0.25, 0.3) is 0 Å². The average Bonchev–Trinajstić information content (AvgIpc) is 3.35. The molecule has 0 saturated heterocycles. The summed E-state index contributed by atoms with van der Waals surface area (Å²) in [6.45, 7) is 4.35. The van der Waals surface area contributed by atoms with Crippen LogP contribution >= 0.6 is 0 Å². The third kappa shape index (κ3) is 57.6. The number of carbonyl (C=O) groups is 1. The molecule has 69 heavy (non-hydrogen) atoms. The first-order valence-corrected chi connectivity index (χ1v) is 32.1. The first kappa shape index (κ1) is 67.9. The summed E-state index contributed by atoms with van der Waals surface area (Å²) < 4.78 is 0. The highest BCUT2D eigenvalue weighted by Crippen LogP contribution is 2.18. The van der Waals surface area contributed by atoms with Gasteiger partial charge in [-0.1, -0.05) is 340 Å². The lowest BCUT2D eigenvalue weighted by Crippen LogP contribution is -2.45. The van der Waals surface area contributed by atoms with Crippen LogP contribution in [0.5, 0.6) is 0 Å². The van der Waals surface area contributed by atoms with Crippen LogP contribution in [0.25, 0.3) is 0 Å². The number of hydrogen-bond donors (Lipinski definition) is 3. The highest BCUT2D eigenvalue weighted by Gasteiger charge is 2.18. The van der Waals surface area contributed by atoms with E-state index in [2.05, 4.69) is 31.3 Å². The molecule has 0 aliphatic carbocycles. The van der Waals surface area contributed by atoms with Crippen LogP contribution in [0, 0.1) is 0 Å². The second-order valence-electron chi connectivity index (χ2n) is 22.2. The maximum absolute atomic E-state index is 12.5. The fourth-order valence-corrected chi connectivity index (χ4v) is 10.3. The molecular weight excluding hydrogens is 843 g/mol. The van der Waals surface area contributed by atoms with Gasteiger partial charge in [0, 0.05) is 6.42 Å². The molecule has 0 aromatic carbocycles. The molecule has 0 spiro atoms. The second-order valence-corrected chi connectivity index (χ2v) is 22.2. The Morgan fingerprint density at radius 3 is 0.797 bits per heavy atom. The third-order valence-electron chi connectivity index (χ3n) is 15.2. The maximum Gasteiger partial charge on any atom is 0.220 e. The summed E-state index contributed by atoms with van der Waals surface area (Å²) in [5, 5.41) is 23.3. The largest absolute Gasteiger partial charge is 0.394 e. The number of amides is 1. The Bertz CT molecular complexity index is 1010. The van der Waals surface area contributed by atoms with Gasteiger partial charge in [-0.2, -0.15) is 0 Å². The molecule has 0 heterocycles. The predicted molar refractivity (Wildman–Crippen MR) is 309 cm³/mol. The highest BCUT2D eigenvalue weighted by molar-refractivity contribution is 5.76. The van der Waals surface area contributed by atoms with Gasteiger partial charge in [0.15, 0.2) is 0 Å². The van der Waals surface area contributed by atoms with Crippen molar-refractivity contribution in [3.8, 4) is 0 Å². The minimum absolute atomic E-state index is 0.0565. The Morgan fingerprint density at radius 2 is 0.551 bits per heavy atom. The van der Waals surface area contributed by atoms with E-state index in [1.807, 2.05) is 6.08 Å². The molecule has 0 bridgehead atoms. The minimum Gasteiger partial charge on any atom is -0.394 e. The van der Waals surface area contributed by atoms with E-state index in [-0.39, 0.29) is 12.5 Å². The van der Waals surface area contributed by atoms with Crippen molar-refractivity contribution in [2.45, 2.75) is 379 Å². The quantitative estimate of drug-likeness (QED) is 0.0420. The van der Waals surface area contributed by atoms with E-state index < -0.39 is 12.1 Å². The van der Waals surface area contributed by atoms with Crippen LogP contribution in [0.2, 0.25) is 0 Å². The summed E-state index contributed by atoms with van der Waals surface area (Å²) in [7, 11) is 0. The van der Waals surface area contributed by atoms with Gasteiger partial charge in [-0.3, -0.25) is 4.79 Å². The Hall–Kier alpha value is -1.13. The fraction of sp³-hybridized carbons (Fsp3) is 0.923. The van der Waals surface area contributed by atoms with Crippen molar-refractivity contribution in [2.24, 2.45) is 0 Å². The number of carbonyl (C=O) groups excluding carboxylic acids is 1. The molecular formula is C65H127NO3. The first-order valence-electron chi connectivity index (χ1n) is 32.1. The normalized spacial score (nSPS) is 12.8. The zero-order valence-electron chi connectivity index (χ0n) is 47.4. The van der Waals surface area contributed by atoms with E-state index in [0.717, 1.165) is 25.7 Å². The van der Waals surface area contributed by atoms with E-state index in [1.54, 1.807) is 6.08 Å². The van der Waals surface area contributed by atoms with Gasteiger partial charge in [0.2, 0.25) is 5.91 Å². The monoisotopic (exact) mass is 970 g/mol. The van der Waals surface area contributed by atoms with Crippen LogP contribution in [0.1, 0.15) is 367 Å². The number of rotatable bonds is 60. The van der Waals surface area contributed by atoms with Gasteiger partial charge < -0.3 is 15.5 Å². The molecule has 4 heteroatoms. The Morgan fingerprint density at radius 1 is 0.333 bits per heavy atom. The van der Waals surface area contributed by atoms with Crippen LogP contribution in [0.15, 0.2) is 24.3 Å². The van der Waals surface area contributed by atoms with Gasteiger partial charge in [0.1, 0.15) is 0 Å². The van der Waals surface area contributed by atoms with Crippen LogP contribution in [0.4, 0.5) is 0 Å². The van der Waals surface area contributed by atoms with Crippen molar-refractivity contribution in [3.05, 3.63) is 24.3 Å². The van der Waals surface area contributed by atoms with E-state index >= 15 is 0 Å². The molecule has 0 fully saturated rings. The highest BCUT2D eigenvalue weighted by atomic mass is 16.3. The zero-order valence-corrected chi connectivity index (χ0v) is 47.4. The maximum atomic E-state index is 12.5. The van der Waals surface area contributed by atoms with Crippen molar-refractivity contribution in [3.63, 3.8) is 0 Å². The average molecular weight is 971 g/mol. The van der Waals surface area contributed by atoms with Gasteiger partial charge in [0.05, 0.1) is 18.8 Å². The smallest absolute Gasteiger partial charge is 0.220 e. The molecule has 2 unspecified atom stereocenters. The molecule has 410 valence electrons. The molecule has 2 atom stereocenters. The summed E-state index contributed by atoms with van der Waals surface area (Å²) >= 11 is 0. The summed E-state index contributed by atoms with van der Waals surface area (Å²) in [5.41, 5.74) is 0. The van der Waals surface area contributed by atoms with Crippen molar-refractivity contribution in [1.29, 1.82) is 0 Å². The molecule has 0 rings (SSSR count). The van der Waals surface area contributed by atoms with E-state index in [1.165, 1.54) is 321 Å². The van der Waals surface area contributed by atoms with Crippen molar-refractivity contribution in [2.75, 3.05) is 6.61 Å². The van der Waals surface area contributed by atoms with E-state index in [0.29, 0.717) is 6.42 Å². The lowest BCUT2D eigenvalue weighted by Gasteiger charge is -2.20. The van der Waals surface area contributed by atoms with Gasteiger partial charge in [-0.15, -0.1) is 0 Å². The molecule has 3 N–H and O–H groups in total. The number of aliphatic hydroxyl groups excluding tert-OH is 2. The number of allylic oxidation sites excluding steroid dienone is 3. The van der Waals surface area contributed by atoms with Gasteiger partial charge in [-0.05, 0) is 44.9 Å². The number of aliphatic hydroxyl groups is 2. The van der Waals surface area contributed by atoms with E-state index in [4.69, 9.17) is 0 Å². The van der Waals surface area contributed by atoms with Crippen LogP contribution < -0.4 is 5.32 Å². The molecule has 0 aromatic heterocycles. The molecule has 0 aromatic rings. The summed E-state index contributed by atoms with van der Waals surface area (Å²) in [5.74, 6) is -0.0565. The van der Waals surface area contributed by atoms with Crippen LogP contribution in [-0.4, -0.2) is 34.9 Å². The van der Waals surface area contributed by atoms with Crippen molar-refractivity contribution in [1.82, 2.24) is 5.32 Å². The molecule has 0 saturated carbocycles. The SMILES string of the molecule is CCCCCCCCCC/C=C\CCCCCCCCCCCCCCCCCC(=O)NC(CO)C(O)/C=C/CCCCCCCCCCCCCCCCCCCCCCCCCCCCCC. The summed E-state index contributed by atoms with van der Waals surface area (Å²) in [6, 6.07) is -0.621. The Labute approximate surface area is 434 Å². The molecule has 0 aliphatic heterocycles. The summed E-state index contributed by atoms with van der Waals surface area (Å²) in [6.07, 6.45) is 82.4. The lowest BCUT2D eigenvalue weighted by atomic mass is 10.0. The third-order valence-corrected chi connectivity index (χ3v) is 15.2. The molecule has 4 nitrogen and oxygen atoms in total. The first-order chi connectivity index (χ1) is 34.2. The summed E-state index contributed by atoms with van der Waals surface area (Å²) in [4.78, 5) is 12.5. The Balaban J connectivity index is 3.43. The lowest BCUT2D eigenvalue weighted by molar-refractivity contribution is -0.123. The Kier molecular flexibility index (Phi) is 60.2. The second kappa shape index (κ2) is 61.2. The molecule has 0 radical (unpaired) electrons. The fourth-order valence-electron chi connectivity index (χ4n) is 10.3. The van der Waals surface area contributed by atoms with Crippen LogP contribution in [0.3, 0.4) is 0 Å².